The molecule has 1 heterocycles. The second-order valence-corrected chi connectivity index (χ2v) is 9.03. The zero-order valence-corrected chi connectivity index (χ0v) is 17.2. The highest BCUT2D eigenvalue weighted by atomic mass is 16.5. The molecule has 1 amide bonds. The van der Waals surface area contributed by atoms with Crippen LogP contribution in [0.25, 0.3) is 0 Å². The minimum atomic E-state index is -0.425. The SMILES string of the molecule is Cc1cc(N2CCOCC2)cc(C2CC2)c1C(=O)NCCC(O)C(C)(C)C. The van der Waals surface area contributed by atoms with Crippen LogP contribution in [-0.2, 0) is 4.74 Å². The zero-order chi connectivity index (χ0) is 19.6. The van der Waals surface area contributed by atoms with E-state index in [2.05, 4.69) is 22.3 Å². The molecule has 2 fully saturated rings. The Morgan fingerprint density at radius 2 is 1.96 bits per heavy atom. The molecule has 1 aliphatic carbocycles. The molecule has 5 heteroatoms. The molecule has 0 bridgehead atoms. The number of aryl methyl sites for hydroxylation is 1. The number of nitrogens with zero attached hydrogens (tertiary/aromatic N) is 1. The summed E-state index contributed by atoms with van der Waals surface area (Å²) in [5, 5.41) is 13.2. The number of anilines is 1. The topological polar surface area (TPSA) is 61.8 Å². The predicted octanol–water partition coefficient (Wildman–Crippen LogP) is 3.24. The maximum absolute atomic E-state index is 12.9. The lowest BCUT2D eigenvalue weighted by molar-refractivity contribution is 0.0551. The first kappa shape index (κ1) is 20.2. The van der Waals surface area contributed by atoms with E-state index in [1.165, 1.54) is 11.3 Å². The van der Waals surface area contributed by atoms with Crippen molar-refractivity contribution in [1.29, 1.82) is 0 Å². The summed E-state index contributed by atoms with van der Waals surface area (Å²) < 4.78 is 5.46. The molecule has 5 nitrogen and oxygen atoms in total. The van der Waals surface area contributed by atoms with Crippen molar-refractivity contribution in [3.8, 4) is 0 Å². The highest BCUT2D eigenvalue weighted by Crippen LogP contribution is 2.44. The molecule has 1 unspecified atom stereocenters. The Bertz CT molecular complexity index is 671. The first-order chi connectivity index (χ1) is 12.8. The number of hydrogen-bond acceptors (Lipinski definition) is 4. The van der Waals surface area contributed by atoms with Crippen molar-refractivity contribution in [1.82, 2.24) is 5.32 Å². The lowest BCUT2D eigenvalue weighted by Gasteiger charge is -2.30. The van der Waals surface area contributed by atoms with Crippen LogP contribution < -0.4 is 10.2 Å². The van der Waals surface area contributed by atoms with E-state index < -0.39 is 6.10 Å². The first-order valence-corrected chi connectivity index (χ1v) is 10.2. The number of benzene rings is 1. The molecule has 0 spiro atoms. The first-order valence-electron chi connectivity index (χ1n) is 10.2. The number of amides is 1. The summed E-state index contributed by atoms with van der Waals surface area (Å²) >= 11 is 0. The van der Waals surface area contributed by atoms with Crippen LogP contribution in [0.2, 0.25) is 0 Å². The van der Waals surface area contributed by atoms with Crippen LogP contribution in [0.15, 0.2) is 12.1 Å². The summed E-state index contributed by atoms with van der Waals surface area (Å²) in [6.07, 6.45) is 2.47. The van der Waals surface area contributed by atoms with Gasteiger partial charge in [0.2, 0.25) is 0 Å². The lowest BCUT2D eigenvalue weighted by Crippen LogP contribution is -2.36. The second kappa shape index (κ2) is 8.19. The van der Waals surface area contributed by atoms with Crippen molar-refractivity contribution in [3.63, 3.8) is 0 Å². The van der Waals surface area contributed by atoms with Gasteiger partial charge in [0.25, 0.3) is 5.91 Å². The Hall–Kier alpha value is -1.59. The number of carbonyl (C=O) groups excluding carboxylic acids is 1. The second-order valence-electron chi connectivity index (χ2n) is 9.03. The number of carbonyl (C=O) groups is 1. The minimum Gasteiger partial charge on any atom is -0.393 e. The number of morpholine rings is 1. The monoisotopic (exact) mass is 374 g/mol. The van der Waals surface area contributed by atoms with Gasteiger partial charge in [-0.15, -0.1) is 0 Å². The van der Waals surface area contributed by atoms with Gasteiger partial charge in [-0.05, 0) is 60.8 Å². The maximum atomic E-state index is 12.9. The molecule has 27 heavy (non-hydrogen) atoms. The fraction of sp³-hybridized carbons (Fsp3) is 0.682. The molecule has 1 atom stereocenters. The van der Waals surface area contributed by atoms with Gasteiger partial charge in [-0.25, -0.2) is 0 Å². The fourth-order valence-corrected chi connectivity index (χ4v) is 3.67. The Kier molecular flexibility index (Phi) is 6.11. The van der Waals surface area contributed by atoms with Gasteiger partial charge in [-0.2, -0.15) is 0 Å². The van der Waals surface area contributed by atoms with E-state index in [0.29, 0.717) is 18.9 Å². The molecule has 0 radical (unpaired) electrons. The quantitative estimate of drug-likeness (QED) is 0.802. The minimum absolute atomic E-state index is 0.0102. The van der Waals surface area contributed by atoms with Crippen LogP contribution >= 0.6 is 0 Å². The Morgan fingerprint density at radius 3 is 2.56 bits per heavy atom. The van der Waals surface area contributed by atoms with Crippen LogP contribution in [0.4, 0.5) is 5.69 Å². The third-order valence-corrected chi connectivity index (χ3v) is 5.67. The molecule has 2 N–H and O–H groups in total. The molecule has 150 valence electrons. The summed E-state index contributed by atoms with van der Waals surface area (Å²) in [5.41, 5.74) is 4.09. The average molecular weight is 375 g/mol. The van der Waals surface area contributed by atoms with E-state index in [9.17, 15) is 9.90 Å². The molecule has 1 aromatic rings. The van der Waals surface area contributed by atoms with Crippen LogP contribution in [0.5, 0.6) is 0 Å². The van der Waals surface area contributed by atoms with Crippen molar-refractivity contribution < 1.29 is 14.6 Å². The van der Waals surface area contributed by atoms with Crippen LogP contribution in [0, 0.1) is 12.3 Å². The van der Waals surface area contributed by atoms with Crippen LogP contribution in [-0.4, -0.2) is 50.0 Å². The zero-order valence-electron chi connectivity index (χ0n) is 17.2. The van der Waals surface area contributed by atoms with Crippen molar-refractivity contribution in [2.75, 3.05) is 37.7 Å². The van der Waals surface area contributed by atoms with Gasteiger partial charge < -0.3 is 20.1 Å². The van der Waals surface area contributed by atoms with E-state index in [1.807, 2.05) is 27.7 Å². The van der Waals surface area contributed by atoms with Gasteiger partial charge in [0.15, 0.2) is 0 Å². The molecule has 1 aromatic carbocycles. The maximum Gasteiger partial charge on any atom is 0.251 e. The Balaban J connectivity index is 1.73. The van der Waals surface area contributed by atoms with Gasteiger partial charge in [0.05, 0.1) is 19.3 Å². The van der Waals surface area contributed by atoms with Gasteiger partial charge in [-0.3, -0.25) is 4.79 Å². The van der Waals surface area contributed by atoms with Crippen molar-refractivity contribution in [3.05, 3.63) is 28.8 Å². The molecular formula is C22H34N2O3. The number of rotatable bonds is 6. The van der Waals surface area contributed by atoms with E-state index in [1.54, 1.807) is 0 Å². The van der Waals surface area contributed by atoms with Crippen LogP contribution in [0.3, 0.4) is 0 Å². The van der Waals surface area contributed by atoms with E-state index in [-0.39, 0.29) is 11.3 Å². The third kappa shape index (κ3) is 5.02. The molecule has 1 aliphatic heterocycles. The third-order valence-electron chi connectivity index (χ3n) is 5.67. The van der Waals surface area contributed by atoms with E-state index in [4.69, 9.17) is 4.74 Å². The van der Waals surface area contributed by atoms with E-state index in [0.717, 1.165) is 50.3 Å². The standard InChI is InChI=1S/C22H34N2O3/c1-15-13-17(24-9-11-27-12-10-24)14-18(16-5-6-16)20(15)21(26)23-8-7-19(25)22(2,3)4/h13-14,16,19,25H,5-12H2,1-4H3,(H,23,26). The van der Waals surface area contributed by atoms with Gasteiger partial charge >= 0.3 is 0 Å². The van der Waals surface area contributed by atoms with Crippen molar-refractivity contribution in [2.45, 2.75) is 59.0 Å². The average Bonchev–Trinajstić information content (AvgIpc) is 3.45. The molecule has 1 saturated carbocycles. The number of nitrogens with one attached hydrogen (secondary N) is 1. The lowest BCUT2D eigenvalue weighted by atomic mass is 9.87. The number of ether oxygens (including phenoxy) is 1. The molecular weight excluding hydrogens is 340 g/mol. The normalized spacial score (nSPS) is 19.1. The molecule has 2 aliphatic rings. The van der Waals surface area contributed by atoms with Gasteiger partial charge in [-0.1, -0.05) is 20.8 Å². The van der Waals surface area contributed by atoms with Crippen molar-refractivity contribution >= 4 is 11.6 Å². The van der Waals surface area contributed by atoms with Crippen molar-refractivity contribution in [2.24, 2.45) is 5.41 Å². The summed E-state index contributed by atoms with van der Waals surface area (Å²) in [4.78, 5) is 15.3. The highest BCUT2D eigenvalue weighted by Gasteiger charge is 2.30. The number of aliphatic hydroxyl groups is 1. The summed E-state index contributed by atoms with van der Waals surface area (Å²) in [7, 11) is 0. The molecule has 1 saturated heterocycles. The van der Waals surface area contributed by atoms with Gasteiger partial charge in [0, 0.05) is 30.9 Å². The summed E-state index contributed by atoms with van der Waals surface area (Å²) in [6.45, 7) is 11.9. The summed E-state index contributed by atoms with van der Waals surface area (Å²) in [5.74, 6) is 0.495. The molecule has 0 aromatic heterocycles. The predicted molar refractivity (Wildman–Crippen MR) is 109 cm³/mol. The fourth-order valence-electron chi connectivity index (χ4n) is 3.67. The largest absolute Gasteiger partial charge is 0.393 e. The smallest absolute Gasteiger partial charge is 0.251 e. The molecule has 3 rings (SSSR count). The van der Waals surface area contributed by atoms with Gasteiger partial charge in [0.1, 0.15) is 0 Å². The Morgan fingerprint density at radius 1 is 1.30 bits per heavy atom. The number of aliphatic hydroxyl groups excluding tert-OH is 1. The van der Waals surface area contributed by atoms with E-state index >= 15 is 0 Å². The summed E-state index contributed by atoms with van der Waals surface area (Å²) in [6, 6.07) is 4.35. The Labute approximate surface area is 163 Å². The number of hydrogen-bond donors (Lipinski definition) is 2. The van der Waals surface area contributed by atoms with Crippen LogP contribution in [0.1, 0.15) is 67.4 Å². The highest BCUT2D eigenvalue weighted by molar-refractivity contribution is 5.98.